The van der Waals surface area contributed by atoms with Gasteiger partial charge >= 0.3 is 0 Å². The first-order valence-corrected chi connectivity index (χ1v) is 6.92. The second kappa shape index (κ2) is 5.40. The van der Waals surface area contributed by atoms with Crippen LogP contribution in [-0.2, 0) is 0 Å². The first-order chi connectivity index (χ1) is 8.11. The van der Waals surface area contributed by atoms with Gasteiger partial charge in [0.1, 0.15) is 11.9 Å². The van der Waals surface area contributed by atoms with Crippen LogP contribution in [0.4, 0.5) is 0 Å². The standard InChI is InChI=1S/C12H10BrClO2S/c1-16-10-4-7(2-3-9(10)14)12(15)8-5-11(13)17-6-8/h2-6,12,15H,1H3. The maximum Gasteiger partial charge on any atom is 0.137 e. The monoisotopic (exact) mass is 332 g/mol. The van der Waals surface area contributed by atoms with Crippen molar-refractivity contribution in [1.29, 1.82) is 0 Å². The van der Waals surface area contributed by atoms with Gasteiger partial charge in [-0.1, -0.05) is 17.7 Å². The predicted octanol–water partition coefficient (Wildman–Crippen LogP) is 4.25. The zero-order chi connectivity index (χ0) is 12.4. The molecule has 0 saturated heterocycles. The Balaban J connectivity index is 2.34. The number of halogens is 2. The molecule has 0 aliphatic heterocycles. The lowest BCUT2D eigenvalue weighted by Crippen LogP contribution is -1.98. The van der Waals surface area contributed by atoms with E-state index < -0.39 is 6.10 Å². The summed E-state index contributed by atoms with van der Waals surface area (Å²) < 4.78 is 6.12. The fourth-order valence-electron chi connectivity index (χ4n) is 1.51. The minimum atomic E-state index is -0.663. The summed E-state index contributed by atoms with van der Waals surface area (Å²) in [6, 6.07) is 7.16. The summed E-state index contributed by atoms with van der Waals surface area (Å²) in [5, 5.41) is 12.7. The highest BCUT2D eigenvalue weighted by Gasteiger charge is 2.14. The van der Waals surface area contributed by atoms with E-state index in [1.54, 1.807) is 25.3 Å². The molecular formula is C12H10BrClO2S. The van der Waals surface area contributed by atoms with E-state index in [-0.39, 0.29) is 0 Å². The molecule has 2 rings (SSSR count). The van der Waals surface area contributed by atoms with Gasteiger partial charge in [-0.05, 0) is 50.6 Å². The Labute approximate surface area is 117 Å². The number of benzene rings is 1. The summed E-state index contributed by atoms with van der Waals surface area (Å²) in [6.07, 6.45) is -0.663. The number of aliphatic hydroxyl groups excluding tert-OH is 1. The van der Waals surface area contributed by atoms with Gasteiger partial charge in [0.2, 0.25) is 0 Å². The van der Waals surface area contributed by atoms with Crippen LogP contribution in [-0.4, -0.2) is 12.2 Å². The van der Waals surface area contributed by atoms with Gasteiger partial charge in [-0.3, -0.25) is 0 Å². The third kappa shape index (κ3) is 2.83. The molecular weight excluding hydrogens is 324 g/mol. The molecule has 1 heterocycles. The van der Waals surface area contributed by atoms with Crippen LogP contribution in [0, 0.1) is 0 Å². The molecule has 1 atom stereocenters. The van der Waals surface area contributed by atoms with Crippen LogP contribution >= 0.6 is 38.9 Å². The first kappa shape index (κ1) is 12.9. The molecule has 0 fully saturated rings. The largest absolute Gasteiger partial charge is 0.495 e. The van der Waals surface area contributed by atoms with Gasteiger partial charge in [-0.25, -0.2) is 0 Å². The van der Waals surface area contributed by atoms with E-state index in [0.717, 1.165) is 14.9 Å². The number of methoxy groups -OCH3 is 1. The zero-order valence-electron chi connectivity index (χ0n) is 8.98. The van der Waals surface area contributed by atoms with Crippen LogP contribution in [0.25, 0.3) is 0 Å². The van der Waals surface area contributed by atoms with E-state index in [9.17, 15) is 5.11 Å². The Morgan fingerprint density at radius 3 is 2.71 bits per heavy atom. The molecule has 17 heavy (non-hydrogen) atoms. The Morgan fingerprint density at radius 1 is 1.35 bits per heavy atom. The Kier molecular flexibility index (Phi) is 4.09. The van der Waals surface area contributed by atoms with Crippen molar-refractivity contribution in [2.24, 2.45) is 0 Å². The zero-order valence-corrected chi connectivity index (χ0v) is 12.1. The molecule has 2 aromatic rings. The van der Waals surface area contributed by atoms with Crippen LogP contribution in [0.5, 0.6) is 5.75 Å². The summed E-state index contributed by atoms with van der Waals surface area (Å²) in [6.45, 7) is 0. The van der Waals surface area contributed by atoms with E-state index in [4.69, 9.17) is 16.3 Å². The lowest BCUT2D eigenvalue weighted by Gasteiger charge is -2.11. The normalized spacial score (nSPS) is 12.5. The summed E-state index contributed by atoms with van der Waals surface area (Å²) in [7, 11) is 1.55. The summed E-state index contributed by atoms with van der Waals surface area (Å²) in [5.41, 5.74) is 1.61. The van der Waals surface area contributed by atoms with Gasteiger partial charge in [0.25, 0.3) is 0 Å². The number of aliphatic hydroxyl groups is 1. The molecule has 0 radical (unpaired) electrons. The molecule has 1 aromatic carbocycles. The summed E-state index contributed by atoms with van der Waals surface area (Å²) >= 11 is 10.9. The van der Waals surface area contributed by atoms with Crippen molar-refractivity contribution in [3.63, 3.8) is 0 Å². The number of ether oxygens (including phenoxy) is 1. The topological polar surface area (TPSA) is 29.5 Å². The average Bonchev–Trinajstić information content (AvgIpc) is 2.75. The molecule has 90 valence electrons. The minimum absolute atomic E-state index is 0.537. The molecule has 0 spiro atoms. The molecule has 0 amide bonds. The SMILES string of the molecule is COc1cc(C(O)c2csc(Br)c2)ccc1Cl. The molecule has 0 aliphatic carbocycles. The molecule has 1 aromatic heterocycles. The van der Waals surface area contributed by atoms with Crippen LogP contribution < -0.4 is 4.74 Å². The number of rotatable bonds is 3. The second-order valence-corrected chi connectivity index (χ2v) is 6.18. The lowest BCUT2D eigenvalue weighted by molar-refractivity contribution is 0.220. The molecule has 1 unspecified atom stereocenters. The molecule has 1 N–H and O–H groups in total. The van der Waals surface area contributed by atoms with Crippen LogP contribution in [0.2, 0.25) is 5.02 Å². The number of thiophene rings is 1. The number of hydrogen-bond acceptors (Lipinski definition) is 3. The fraction of sp³-hybridized carbons (Fsp3) is 0.167. The van der Waals surface area contributed by atoms with E-state index in [0.29, 0.717) is 10.8 Å². The van der Waals surface area contributed by atoms with Gasteiger partial charge in [0, 0.05) is 0 Å². The van der Waals surface area contributed by atoms with Gasteiger partial charge in [0.05, 0.1) is 15.9 Å². The van der Waals surface area contributed by atoms with Gasteiger partial charge in [0.15, 0.2) is 0 Å². The first-order valence-electron chi connectivity index (χ1n) is 4.87. The molecule has 2 nitrogen and oxygen atoms in total. The Hall–Kier alpha value is -0.550. The third-order valence-corrected chi connectivity index (χ3v) is 4.23. The quantitative estimate of drug-likeness (QED) is 0.909. The highest BCUT2D eigenvalue weighted by Crippen LogP contribution is 2.33. The van der Waals surface area contributed by atoms with E-state index in [1.165, 1.54) is 11.3 Å². The van der Waals surface area contributed by atoms with Crippen molar-refractivity contribution in [2.75, 3.05) is 7.11 Å². The van der Waals surface area contributed by atoms with E-state index in [2.05, 4.69) is 15.9 Å². The van der Waals surface area contributed by atoms with Crippen molar-refractivity contribution < 1.29 is 9.84 Å². The maximum absolute atomic E-state index is 10.2. The highest BCUT2D eigenvalue weighted by molar-refractivity contribution is 9.11. The van der Waals surface area contributed by atoms with Crippen LogP contribution in [0.1, 0.15) is 17.2 Å². The van der Waals surface area contributed by atoms with Crippen LogP contribution in [0.15, 0.2) is 33.4 Å². The van der Waals surface area contributed by atoms with Gasteiger partial charge < -0.3 is 9.84 Å². The minimum Gasteiger partial charge on any atom is -0.495 e. The lowest BCUT2D eigenvalue weighted by atomic mass is 10.0. The van der Waals surface area contributed by atoms with Gasteiger partial charge in [-0.15, -0.1) is 11.3 Å². The molecule has 5 heteroatoms. The Bertz CT molecular complexity index is 527. The maximum atomic E-state index is 10.2. The van der Waals surface area contributed by atoms with Crippen LogP contribution in [0.3, 0.4) is 0 Å². The Morgan fingerprint density at radius 2 is 2.12 bits per heavy atom. The summed E-state index contributed by atoms with van der Waals surface area (Å²) in [4.78, 5) is 0. The van der Waals surface area contributed by atoms with Gasteiger partial charge in [-0.2, -0.15) is 0 Å². The molecule has 0 bridgehead atoms. The molecule has 0 saturated carbocycles. The second-order valence-electron chi connectivity index (χ2n) is 3.48. The van der Waals surface area contributed by atoms with Crippen molar-refractivity contribution >= 4 is 38.9 Å². The van der Waals surface area contributed by atoms with Crippen molar-refractivity contribution in [3.05, 3.63) is 49.6 Å². The van der Waals surface area contributed by atoms with Crippen molar-refractivity contribution in [1.82, 2.24) is 0 Å². The van der Waals surface area contributed by atoms with Crippen molar-refractivity contribution in [3.8, 4) is 5.75 Å². The van der Waals surface area contributed by atoms with Crippen molar-refractivity contribution in [2.45, 2.75) is 6.10 Å². The van der Waals surface area contributed by atoms with E-state index in [1.807, 2.05) is 11.4 Å². The predicted molar refractivity (Wildman–Crippen MR) is 74.1 cm³/mol. The average molecular weight is 334 g/mol. The smallest absolute Gasteiger partial charge is 0.137 e. The summed E-state index contributed by atoms with van der Waals surface area (Å²) in [5.74, 6) is 0.567. The fourth-order valence-corrected chi connectivity index (χ4v) is 2.89. The highest BCUT2D eigenvalue weighted by atomic mass is 79.9. The molecule has 0 aliphatic rings. The third-order valence-electron chi connectivity index (χ3n) is 2.39. The van der Waals surface area contributed by atoms with E-state index >= 15 is 0 Å². The number of hydrogen-bond donors (Lipinski definition) is 1.